The highest BCUT2D eigenvalue weighted by molar-refractivity contribution is 6.08. The molecule has 3 aliphatic rings. The predicted molar refractivity (Wildman–Crippen MR) is 138 cm³/mol. The van der Waals surface area contributed by atoms with Gasteiger partial charge in [0.25, 0.3) is 11.8 Å². The number of nitrogens with zero attached hydrogens (tertiary/aromatic N) is 3. The van der Waals surface area contributed by atoms with Crippen molar-refractivity contribution in [2.75, 3.05) is 26.2 Å². The molecule has 8 nitrogen and oxygen atoms in total. The number of amides is 4. The molecule has 1 aromatic heterocycles. The van der Waals surface area contributed by atoms with Crippen LogP contribution in [0.1, 0.15) is 41.7 Å². The molecule has 1 N–H and O–H groups in total. The van der Waals surface area contributed by atoms with Gasteiger partial charge in [0.2, 0.25) is 0 Å². The minimum absolute atomic E-state index is 0.0103. The van der Waals surface area contributed by atoms with Crippen molar-refractivity contribution in [3.8, 4) is 0 Å². The number of carbonyl (C=O) groups excluding carboxylic acids is 3. The van der Waals surface area contributed by atoms with Gasteiger partial charge in [-0.2, -0.15) is 0 Å². The lowest BCUT2D eigenvalue weighted by Gasteiger charge is -2.40. The second-order valence-electron chi connectivity index (χ2n) is 10.1. The van der Waals surface area contributed by atoms with Gasteiger partial charge in [0.1, 0.15) is 0 Å². The van der Waals surface area contributed by atoms with Crippen LogP contribution < -0.4 is 5.32 Å². The third-order valence-corrected chi connectivity index (χ3v) is 8.03. The summed E-state index contributed by atoms with van der Waals surface area (Å²) in [6, 6.07) is 18.7. The number of hydrogen-bond acceptors (Lipinski definition) is 5. The number of pyridine rings is 1. The van der Waals surface area contributed by atoms with Crippen LogP contribution in [-0.2, 0) is 15.1 Å². The molecule has 0 bridgehead atoms. The standard InChI is InChI=1S/C29H30N4O4/c34-26(24-11-5-8-20-7-1-2-10-23(20)24)32-16-13-21(14-17-32)29(25-12-3-4-15-30-25)27(35)33(28(36)31-29)19-22-9-6-18-37-22/h1-5,7-8,10-12,15,21-22H,6,9,13-14,16-19H2,(H,31,36). The maximum Gasteiger partial charge on any atom is 0.325 e. The van der Waals surface area contributed by atoms with Crippen molar-refractivity contribution in [2.24, 2.45) is 5.92 Å². The number of ether oxygens (including phenoxy) is 1. The van der Waals surface area contributed by atoms with Crippen molar-refractivity contribution in [1.29, 1.82) is 0 Å². The van der Waals surface area contributed by atoms with Crippen molar-refractivity contribution >= 4 is 28.6 Å². The molecule has 37 heavy (non-hydrogen) atoms. The zero-order valence-corrected chi connectivity index (χ0v) is 20.6. The van der Waals surface area contributed by atoms with Crippen molar-refractivity contribution in [1.82, 2.24) is 20.1 Å². The highest BCUT2D eigenvalue weighted by atomic mass is 16.5. The van der Waals surface area contributed by atoms with Crippen LogP contribution in [0.5, 0.6) is 0 Å². The molecule has 8 heteroatoms. The van der Waals surface area contributed by atoms with Crippen LogP contribution in [-0.4, -0.2) is 65.0 Å². The smallest absolute Gasteiger partial charge is 0.325 e. The quantitative estimate of drug-likeness (QED) is 0.542. The second-order valence-corrected chi connectivity index (χ2v) is 10.1. The Kier molecular flexibility index (Phi) is 6.12. The molecule has 2 unspecified atom stereocenters. The van der Waals surface area contributed by atoms with Gasteiger partial charge in [0.15, 0.2) is 5.54 Å². The van der Waals surface area contributed by atoms with E-state index < -0.39 is 11.6 Å². The van der Waals surface area contributed by atoms with Crippen LogP contribution in [0.15, 0.2) is 66.9 Å². The Morgan fingerprint density at radius 3 is 2.54 bits per heavy atom. The number of likely N-dealkylation sites (tertiary alicyclic amines) is 1. The van der Waals surface area contributed by atoms with Gasteiger partial charge in [0, 0.05) is 37.4 Å². The number of carbonyl (C=O) groups is 3. The summed E-state index contributed by atoms with van der Waals surface area (Å²) in [6.07, 6.45) is 4.44. The van der Waals surface area contributed by atoms with E-state index in [0.717, 1.165) is 23.6 Å². The number of benzene rings is 2. The molecule has 0 aliphatic carbocycles. The molecule has 3 saturated heterocycles. The molecule has 6 rings (SSSR count). The van der Waals surface area contributed by atoms with Gasteiger partial charge in [0.05, 0.1) is 18.3 Å². The fourth-order valence-corrected chi connectivity index (χ4v) is 6.11. The van der Waals surface area contributed by atoms with Gasteiger partial charge in [-0.1, -0.05) is 42.5 Å². The molecule has 3 aliphatic heterocycles. The Balaban J connectivity index is 1.25. The SMILES string of the molecule is O=C(c1cccc2ccccc12)N1CCC(C2(c3ccccn3)NC(=O)N(CC3CCCO3)C2=O)CC1. The highest BCUT2D eigenvalue weighted by Crippen LogP contribution is 2.41. The van der Waals surface area contributed by atoms with E-state index in [9.17, 15) is 14.4 Å². The summed E-state index contributed by atoms with van der Waals surface area (Å²) < 4.78 is 5.71. The number of imide groups is 1. The van der Waals surface area contributed by atoms with Crippen LogP contribution >= 0.6 is 0 Å². The van der Waals surface area contributed by atoms with E-state index in [-0.39, 0.29) is 30.4 Å². The van der Waals surface area contributed by atoms with Crippen LogP contribution in [0.2, 0.25) is 0 Å². The average Bonchev–Trinajstić information content (AvgIpc) is 3.56. The molecule has 0 saturated carbocycles. The lowest BCUT2D eigenvalue weighted by Crippen LogP contribution is -2.54. The molecular weight excluding hydrogens is 468 g/mol. The van der Waals surface area contributed by atoms with Gasteiger partial charge in [-0.05, 0) is 54.7 Å². The Morgan fingerprint density at radius 1 is 1.00 bits per heavy atom. The minimum atomic E-state index is -1.24. The summed E-state index contributed by atoms with van der Waals surface area (Å²) in [5, 5.41) is 5.01. The summed E-state index contributed by atoms with van der Waals surface area (Å²) in [4.78, 5) is 48.3. The van der Waals surface area contributed by atoms with Gasteiger partial charge in [-0.3, -0.25) is 19.5 Å². The lowest BCUT2D eigenvalue weighted by molar-refractivity contribution is -0.135. The van der Waals surface area contributed by atoms with Crippen molar-refractivity contribution in [2.45, 2.75) is 37.3 Å². The van der Waals surface area contributed by atoms with E-state index in [1.807, 2.05) is 53.4 Å². The first kappa shape index (κ1) is 23.6. The van der Waals surface area contributed by atoms with Crippen molar-refractivity contribution in [3.05, 3.63) is 78.1 Å². The zero-order valence-electron chi connectivity index (χ0n) is 20.6. The predicted octanol–water partition coefficient (Wildman–Crippen LogP) is 3.71. The maximum atomic E-state index is 14.0. The first-order valence-corrected chi connectivity index (χ1v) is 13.0. The van der Waals surface area contributed by atoms with Crippen molar-refractivity contribution in [3.63, 3.8) is 0 Å². The molecule has 0 radical (unpaired) electrons. The third kappa shape index (κ3) is 4.05. The minimum Gasteiger partial charge on any atom is -0.376 e. The summed E-state index contributed by atoms with van der Waals surface area (Å²) in [5.74, 6) is -0.473. The normalized spacial score (nSPS) is 24.6. The molecule has 4 amide bonds. The third-order valence-electron chi connectivity index (χ3n) is 8.03. The summed E-state index contributed by atoms with van der Waals surface area (Å²) in [5.41, 5.74) is -0.0167. The van der Waals surface area contributed by atoms with Gasteiger partial charge in [-0.25, -0.2) is 4.79 Å². The number of aromatic nitrogens is 1. The van der Waals surface area contributed by atoms with Crippen LogP contribution in [0.25, 0.3) is 10.8 Å². The molecule has 0 spiro atoms. The number of nitrogens with one attached hydrogen (secondary N) is 1. The number of rotatable bonds is 5. The van der Waals surface area contributed by atoms with E-state index in [4.69, 9.17) is 4.74 Å². The first-order chi connectivity index (χ1) is 18.1. The Labute approximate surface area is 215 Å². The largest absolute Gasteiger partial charge is 0.376 e. The lowest BCUT2D eigenvalue weighted by atomic mass is 9.75. The first-order valence-electron chi connectivity index (χ1n) is 13.0. The Morgan fingerprint density at radius 2 is 1.78 bits per heavy atom. The van der Waals surface area contributed by atoms with Gasteiger partial charge >= 0.3 is 6.03 Å². The summed E-state index contributed by atoms with van der Waals surface area (Å²) >= 11 is 0. The monoisotopic (exact) mass is 498 g/mol. The molecule has 4 heterocycles. The van der Waals surface area contributed by atoms with Crippen LogP contribution in [0, 0.1) is 5.92 Å². The van der Waals surface area contributed by atoms with E-state index in [1.54, 1.807) is 18.3 Å². The maximum absolute atomic E-state index is 14.0. The number of urea groups is 1. The average molecular weight is 499 g/mol. The van der Waals surface area contributed by atoms with Crippen molar-refractivity contribution < 1.29 is 19.1 Å². The fraction of sp³-hybridized carbons (Fsp3) is 0.379. The summed E-state index contributed by atoms with van der Waals surface area (Å²) in [7, 11) is 0. The van der Waals surface area contributed by atoms with Gasteiger partial charge in [-0.15, -0.1) is 0 Å². The highest BCUT2D eigenvalue weighted by Gasteiger charge is 2.58. The molecular formula is C29H30N4O4. The number of piperidine rings is 1. The zero-order chi connectivity index (χ0) is 25.4. The van der Waals surface area contributed by atoms with E-state index in [0.29, 0.717) is 43.8 Å². The van der Waals surface area contributed by atoms with E-state index in [2.05, 4.69) is 10.3 Å². The molecule has 190 valence electrons. The molecule has 2 aromatic carbocycles. The van der Waals surface area contributed by atoms with Crippen LogP contribution in [0.3, 0.4) is 0 Å². The fourth-order valence-electron chi connectivity index (χ4n) is 6.11. The second kappa shape index (κ2) is 9.59. The topological polar surface area (TPSA) is 91.8 Å². The molecule has 3 aromatic rings. The Hall–Kier alpha value is -3.78. The van der Waals surface area contributed by atoms with Gasteiger partial charge < -0.3 is 15.0 Å². The number of fused-ring (bicyclic) bond motifs is 1. The molecule has 3 fully saturated rings. The summed E-state index contributed by atoms with van der Waals surface area (Å²) in [6.45, 7) is 1.90. The Bertz CT molecular complexity index is 1330. The van der Waals surface area contributed by atoms with Crippen LogP contribution in [0.4, 0.5) is 4.79 Å². The molecule has 2 atom stereocenters. The van der Waals surface area contributed by atoms with E-state index in [1.165, 1.54) is 4.90 Å². The van der Waals surface area contributed by atoms with E-state index >= 15 is 0 Å². The number of hydrogen-bond donors (Lipinski definition) is 1.